The maximum absolute atomic E-state index is 9.45. The van der Waals surface area contributed by atoms with Crippen LogP contribution in [0.5, 0.6) is 0 Å². The Balaban J connectivity index is 1.84. The van der Waals surface area contributed by atoms with E-state index in [0.717, 1.165) is 50.2 Å². The molecule has 3 aliphatic rings. The molecule has 2 unspecified atom stereocenters. The van der Waals surface area contributed by atoms with Crippen molar-refractivity contribution in [2.45, 2.75) is 50.5 Å². The third kappa shape index (κ3) is 2.57. The van der Waals surface area contributed by atoms with Gasteiger partial charge in [-0.15, -0.1) is 0 Å². The number of nitriles is 1. The van der Waals surface area contributed by atoms with Gasteiger partial charge in [-0.1, -0.05) is 30.2 Å². The Morgan fingerprint density at radius 3 is 2.64 bits per heavy atom. The van der Waals surface area contributed by atoms with Gasteiger partial charge in [-0.25, -0.2) is 0 Å². The first-order valence-corrected chi connectivity index (χ1v) is 9.57. The van der Waals surface area contributed by atoms with Crippen LogP contribution in [0.2, 0.25) is 5.02 Å². The number of hydrogen-bond donors (Lipinski definition) is 0. The molecule has 1 spiro atoms. The molecule has 1 aromatic carbocycles. The van der Waals surface area contributed by atoms with Crippen molar-refractivity contribution in [3.8, 4) is 6.07 Å². The number of halogens is 1. The third-order valence-corrected chi connectivity index (χ3v) is 6.15. The van der Waals surface area contributed by atoms with Gasteiger partial charge in [0, 0.05) is 37.2 Å². The summed E-state index contributed by atoms with van der Waals surface area (Å²) in [6, 6.07) is 10.1. The molecular formula is C20H24ClN3O. The van der Waals surface area contributed by atoms with Crippen molar-refractivity contribution in [1.29, 1.82) is 5.26 Å². The van der Waals surface area contributed by atoms with E-state index in [-0.39, 0.29) is 0 Å². The van der Waals surface area contributed by atoms with E-state index in [2.05, 4.69) is 22.8 Å². The minimum atomic E-state index is -0.632. The zero-order chi connectivity index (χ0) is 17.5. The summed E-state index contributed by atoms with van der Waals surface area (Å²) in [5.74, 6) is -0.411. The van der Waals surface area contributed by atoms with Crippen LogP contribution in [-0.2, 0) is 10.3 Å². The standard InChI is InChI=1S/C20H24ClN3O/c1-19(16-6-8-17(21)9-7-16)18(10-12-22)24-15-5-14-23-13-4-2-3-11-20(23,24)25-19/h6-10H,2-5,11,13-15H2,1H3/b18-10-. The highest BCUT2D eigenvalue weighted by molar-refractivity contribution is 6.30. The summed E-state index contributed by atoms with van der Waals surface area (Å²) in [5.41, 5.74) is 1.39. The predicted octanol–water partition coefficient (Wildman–Crippen LogP) is 4.23. The minimum absolute atomic E-state index is 0.411. The van der Waals surface area contributed by atoms with Crippen molar-refractivity contribution in [3.05, 3.63) is 46.6 Å². The molecule has 3 aliphatic heterocycles. The summed E-state index contributed by atoms with van der Waals surface area (Å²) in [6.07, 6.45) is 7.38. The smallest absolute Gasteiger partial charge is 0.201 e. The molecule has 25 heavy (non-hydrogen) atoms. The van der Waals surface area contributed by atoms with Crippen LogP contribution in [0.15, 0.2) is 36.0 Å². The van der Waals surface area contributed by atoms with E-state index in [1.807, 2.05) is 24.3 Å². The van der Waals surface area contributed by atoms with Crippen molar-refractivity contribution in [2.75, 3.05) is 19.6 Å². The maximum Gasteiger partial charge on any atom is 0.201 e. The molecular weight excluding hydrogens is 334 g/mol. The zero-order valence-electron chi connectivity index (χ0n) is 14.7. The van der Waals surface area contributed by atoms with Crippen molar-refractivity contribution in [3.63, 3.8) is 0 Å². The summed E-state index contributed by atoms with van der Waals surface area (Å²) in [7, 11) is 0. The fourth-order valence-corrected chi connectivity index (χ4v) is 4.85. The molecule has 0 amide bonds. The number of ether oxygens (including phenoxy) is 1. The van der Waals surface area contributed by atoms with Gasteiger partial charge in [0.25, 0.3) is 0 Å². The van der Waals surface area contributed by atoms with Crippen LogP contribution in [0.4, 0.5) is 0 Å². The lowest BCUT2D eigenvalue weighted by molar-refractivity contribution is -0.243. The summed E-state index contributed by atoms with van der Waals surface area (Å²) >= 11 is 6.09. The van der Waals surface area contributed by atoms with Gasteiger partial charge in [0.2, 0.25) is 5.85 Å². The molecule has 3 heterocycles. The molecule has 0 radical (unpaired) electrons. The van der Waals surface area contributed by atoms with Crippen molar-refractivity contribution in [1.82, 2.24) is 9.80 Å². The number of allylic oxidation sites excluding steroid dienone is 1. The first-order valence-electron chi connectivity index (χ1n) is 9.19. The predicted molar refractivity (Wildman–Crippen MR) is 97.7 cm³/mol. The normalized spacial score (nSPS) is 34.3. The number of nitrogens with zero attached hydrogens (tertiary/aromatic N) is 3. The van der Waals surface area contributed by atoms with E-state index < -0.39 is 11.4 Å². The highest BCUT2D eigenvalue weighted by Crippen LogP contribution is 2.53. The van der Waals surface area contributed by atoms with Crippen LogP contribution in [0.1, 0.15) is 44.6 Å². The van der Waals surface area contributed by atoms with Crippen LogP contribution in [0, 0.1) is 11.3 Å². The van der Waals surface area contributed by atoms with Gasteiger partial charge in [0.05, 0.1) is 11.8 Å². The minimum Gasteiger partial charge on any atom is -0.331 e. The molecule has 1 aromatic rings. The van der Waals surface area contributed by atoms with Crippen LogP contribution >= 0.6 is 11.6 Å². The topological polar surface area (TPSA) is 39.5 Å². The average Bonchev–Trinajstić information content (AvgIpc) is 2.73. The SMILES string of the molecule is CC1(c2ccc(Cl)cc2)OC23CCCCCN2CCCN3/C1=C\C#N. The van der Waals surface area contributed by atoms with E-state index in [4.69, 9.17) is 16.3 Å². The van der Waals surface area contributed by atoms with E-state index in [9.17, 15) is 5.26 Å². The molecule has 3 saturated heterocycles. The third-order valence-electron chi connectivity index (χ3n) is 5.90. The molecule has 0 aliphatic carbocycles. The van der Waals surface area contributed by atoms with E-state index in [1.54, 1.807) is 6.08 Å². The second-order valence-electron chi connectivity index (χ2n) is 7.35. The molecule has 4 rings (SSSR count). The van der Waals surface area contributed by atoms with Gasteiger partial charge in [-0.3, -0.25) is 4.90 Å². The molecule has 0 aromatic heterocycles. The van der Waals surface area contributed by atoms with Gasteiger partial charge in [0.15, 0.2) is 0 Å². The molecule has 3 fully saturated rings. The summed E-state index contributed by atoms with van der Waals surface area (Å²) in [6.45, 7) is 5.16. The Morgan fingerprint density at radius 2 is 1.88 bits per heavy atom. The van der Waals surface area contributed by atoms with Crippen LogP contribution in [0.3, 0.4) is 0 Å². The molecule has 0 saturated carbocycles. The second kappa shape index (κ2) is 6.32. The van der Waals surface area contributed by atoms with Crippen molar-refractivity contribution in [2.24, 2.45) is 0 Å². The number of rotatable bonds is 1. The van der Waals surface area contributed by atoms with Crippen LogP contribution < -0.4 is 0 Å². The van der Waals surface area contributed by atoms with Gasteiger partial charge < -0.3 is 9.64 Å². The van der Waals surface area contributed by atoms with Gasteiger partial charge >= 0.3 is 0 Å². The Bertz CT molecular complexity index is 725. The average molecular weight is 358 g/mol. The second-order valence-corrected chi connectivity index (χ2v) is 7.78. The largest absolute Gasteiger partial charge is 0.331 e. The highest BCUT2D eigenvalue weighted by Gasteiger charge is 2.60. The van der Waals surface area contributed by atoms with Crippen molar-refractivity contribution < 1.29 is 4.74 Å². The molecule has 132 valence electrons. The fraction of sp³-hybridized carbons (Fsp3) is 0.550. The number of benzene rings is 1. The zero-order valence-corrected chi connectivity index (χ0v) is 15.4. The lowest BCUT2D eigenvalue weighted by Gasteiger charge is -2.49. The first-order chi connectivity index (χ1) is 12.1. The lowest BCUT2D eigenvalue weighted by Crippen LogP contribution is -2.61. The summed E-state index contributed by atoms with van der Waals surface area (Å²) in [5, 5.41) is 10.2. The lowest BCUT2D eigenvalue weighted by atomic mass is 9.92. The first kappa shape index (κ1) is 16.9. The summed E-state index contributed by atoms with van der Waals surface area (Å²) in [4.78, 5) is 4.86. The van der Waals surface area contributed by atoms with Crippen LogP contribution in [0.25, 0.3) is 0 Å². The van der Waals surface area contributed by atoms with E-state index >= 15 is 0 Å². The Hall–Kier alpha value is -1.54. The molecule has 2 atom stereocenters. The van der Waals surface area contributed by atoms with Gasteiger partial charge in [-0.2, -0.15) is 5.26 Å². The van der Waals surface area contributed by atoms with Gasteiger partial charge in [-0.05, 0) is 43.9 Å². The van der Waals surface area contributed by atoms with Crippen molar-refractivity contribution >= 4 is 11.6 Å². The van der Waals surface area contributed by atoms with E-state index in [1.165, 1.54) is 12.8 Å². The Morgan fingerprint density at radius 1 is 1.12 bits per heavy atom. The molecule has 4 nitrogen and oxygen atoms in total. The Labute approximate surface area is 154 Å². The molecule has 0 bridgehead atoms. The van der Waals surface area contributed by atoms with Gasteiger partial charge in [0.1, 0.15) is 5.60 Å². The monoisotopic (exact) mass is 357 g/mol. The molecule has 5 heteroatoms. The van der Waals surface area contributed by atoms with Crippen LogP contribution in [-0.4, -0.2) is 35.3 Å². The maximum atomic E-state index is 9.45. The Kier molecular flexibility index (Phi) is 4.27. The highest BCUT2D eigenvalue weighted by atomic mass is 35.5. The quantitative estimate of drug-likeness (QED) is 0.705. The van der Waals surface area contributed by atoms with E-state index in [0.29, 0.717) is 5.02 Å². The number of hydrogen-bond acceptors (Lipinski definition) is 4. The summed E-state index contributed by atoms with van der Waals surface area (Å²) < 4.78 is 6.90. The molecule has 0 N–H and O–H groups in total. The fourth-order valence-electron chi connectivity index (χ4n) is 4.72.